The van der Waals surface area contributed by atoms with Crippen LogP contribution in [0.1, 0.15) is 36.5 Å². The van der Waals surface area contributed by atoms with Crippen LogP contribution in [0.5, 0.6) is 0 Å². The van der Waals surface area contributed by atoms with Gasteiger partial charge in [0.2, 0.25) is 17.7 Å². The Morgan fingerprint density at radius 3 is 2.45 bits per heavy atom. The van der Waals surface area contributed by atoms with Crippen molar-refractivity contribution < 1.29 is 33.8 Å². The summed E-state index contributed by atoms with van der Waals surface area (Å²) in [6, 6.07) is 17.7. The van der Waals surface area contributed by atoms with E-state index in [1.54, 1.807) is 17.1 Å². The largest absolute Gasteiger partial charge is 0.455 e. The Bertz CT molecular complexity index is 1450. The van der Waals surface area contributed by atoms with Gasteiger partial charge >= 0.3 is 5.97 Å². The van der Waals surface area contributed by atoms with Gasteiger partial charge in [-0.05, 0) is 24.0 Å². The summed E-state index contributed by atoms with van der Waals surface area (Å²) < 4.78 is 12.5. The highest BCUT2D eigenvalue weighted by Gasteiger charge is 2.73. The topological polar surface area (TPSA) is 125 Å². The van der Waals surface area contributed by atoms with Crippen molar-refractivity contribution in [1.29, 1.82) is 0 Å². The third-order valence-electron chi connectivity index (χ3n) is 8.91. The fourth-order valence-corrected chi connectivity index (χ4v) is 6.85. The number of hydrogen-bond acceptors (Lipinski definition) is 7. The number of carbonyl (C=O) groups excluding carboxylic acids is 4. The number of hydrogen-bond donors (Lipinski definition) is 2. The molecule has 3 amide bonds. The normalized spacial score (nSPS) is 31.2. The first-order chi connectivity index (χ1) is 21.4. The maximum Gasteiger partial charge on any atom is 0.313 e. The molecule has 0 radical (unpaired) electrons. The second-order valence-corrected chi connectivity index (χ2v) is 11.7. The molecule has 2 N–H and O–H groups in total. The zero-order valence-corrected chi connectivity index (χ0v) is 24.4. The second-order valence-electron chi connectivity index (χ2n) is 11.7. The number of esters is 1. The predicted molar refractivity (Wildman–Crippen MR) is 159 cm³/mol. The highest BCUT2D eigenvalue weighted by molar-refractivity contribution is 5.99. The van der Waals surface area contributed by atoms with Gasteiger partial charge in [-0.1, -0.05) is 85.0 Å². The van der Waals surface area contributed by atoms with E-state index in [1.807, 2.05) is 72.8 Å². The van der Waals surface area contributed by atoms with E-state index < -0.39 is 41.7 Å². The van der Waals surface area contributed by atoms with Crippen LogP contribution < -0.4 is 5.32 Å². The molecule has 2 fully saturated rings. The summed E-state index contributed by atoms with van der Waals surface area (Å²) in [5.41, 5.74) is 0.279. The molecule has 6 atom stereocenters. The SMILES string of the molecule is O=C1CC/C=C\CN(Cc2ccccc2)C(=O)[C@H]2N(CCCO)C(=O)[C@@H]3[C@@H](C(=O)O[C@@H](c4ccccc4)CN1)[C@H]1C=C[C@]32O1. The monoisotopic (exact) mass is 599 g/mol. The summed E-state index contributed by atoms with van der Waals surface area (Å²) in [5, 5.41) is 12.5. The summed E-state index contributed by atoms with van der Waals surface area (Å²) in [7, 11) is 0. The van der Waals surface area contributed by atoms with Crippen LogP contribution in [0, 0.1) is 11.8 Å². The van der Waals surface area contributed by atoms with E-state index in [9.17, 15) is 24.3 Å². The number of allylic oxidation sites excluding steroid dienone is 1. The van der Waals surface area contributed by atoms with Crippen molar-refractivity contribution in [2.75, 3.05) is 26.2 Å². The minimum Gasteiger partial charge on any atom is -0.455 e. The van der Waals surface area contributed by atoms with E-state index in [2.05, 4.69) is 5.32 Å². The van der Waals surface area contributed by atoms with Crippen LogP contribution in [-0.2, 0) is 35.2 Å². The van der Waals surface area contributed by atoms with Crippen molar-refractivity contribution in [2.45, 2.75) is 49.7 Å². The number of nitrogens with one attached hydrogen (secondary N) is 1. The highest BCUT2D eigenvalue weighted by Crippen LogP contribution is 2.55. The molecule has 4 aliphatic rings. The zero-order valence-electron chi connectivity index (χ0n) is 24.4. The van der Waals surface area contributed by atoms with Crippen molar-refractivity contribution >= 4 is 23.7 Å². The molecule has 4 aliphatic heterocycles. The van der Waals surface area contributed by atoms with E-state index in [4.69, 9.17) is 9.47 Å². The fraction of sp³-hybridized carbons (Fsp3) is 0.412. The number of aliphatic hydroxyl groups is 1. The zero-order chi connectivity index (χ0) is 30.7. The molecule has 2 aromatic rings. The van der Waals surface area contributed by atoms with Gasteiger partial charge in [0, 0.05) is 32.7 Å². The van der Waals surface area contributed by atoms with Gasteiger partial charge in [0.15, 0.2) is 0 Å². The van der Waals surface area contributed by atoms with Crippen LogP contribution in [0.3, 0.4) is 0 Å². The van der Waals surface area contributed by atoms with Crippen LogP contribution >= 0.6 is 0 Å². The van der Waals surface area contributed by atoms with E-state index in [-0.39, 0.29) is 56.8 Å². The molecule has 6 rings (SSSR count). The van der Waals surface area contributed by atoms with Crippen LogP contribution in [0.4, 0.5) is 0 Å². The van der Waals surface area contributed by atoms with Crippen LogP contribution in [0.2, 0.25) is 0 Å². The Morgan fingerprint density at radius 2 is 1.70 bits per heavy atom. The number of ether oxygens (including phenoxy) is 2. The lowest BCUT2D eigenvalue weighted by molar-refractivity contribution is -0.159. The molecule has 0 aromatic heterocycles. The summed E-state index contributed by atoms with van der Waals surface area (Å²) in [6.07, 6.45) is 6.70. The van der Waals surface area contributed by atoms with Gasteiger partial charge in [-0.3, -0.25) is 19.2 Å². The lowest BCUT2D eigenvalue weighted by Crippen LogP contribution is -2.55. The molecule has 5 bridgehead atoms. The molecule has 230 valence electrons. The van der Waals surface area contributed by atoms with E-state index in [0.29, 0.717) is 18.5 Å². The lowest BCUT2D eigenvalue weighted by atomic mass is 9.74. The molecule has 0 saturated carbocycles. The van der Waals surface area contributed by atoms with Crippen molar-refractivity contribution in [2.24, 2.45) is 11.8 Å². The van der Waals surface area contributed by atoms with Gasteiger partial charge in [0.25, 0.3) is 0 Å². The van der Waals surface area contributed by atoms with Gasteiger partial charge in [0.05, 0.1) is 18.6 Å². The number of carbonyl (C=O) groups is 4. The average molecular weight is 600 g/mol. The summed E-state index contributed by atoms with van der Waals surface area (Å²) in [4.78, 5) is 58.5. The molecule has 4 heterocycles. The van der Waals surface area contributed by atoms with Gasteiger partial charge < -0.3 is 29.7 Å². The maximum atomic E-state index is 14.6. The third kappa shape index (κ3) is 5.55. The fourth-order valence-electron chi connectivity index (χ4n) is 6.85. The minimum atomic E-state index is -1.35. The number of likely N-dealkylation sites (tertiary alicyclic amines) is 1. The maximum absolute atomic E-state index is 14.6. The first-order valence-corrected chi connectivity index (χ1v) is 15.2. The number of amides is 3. The number of nitrogens with zero attached hydrogens (tertiary/aromatic N) is 2. The molecule has 44 heavy (non-hydrogen) atoms. The molecule has 2 saturated heterocycles. The van der Waals surface area contributed by atoms with Crippen molar-refractivity contribution in [3.63, 3.8) is 0 Å². The van der Waals surface area contributed by atoms with E-state index >= 15 is 0 Å². The van der Waals surface area contributed by atoms with Crippen LogP contribution in [0.25, 0.3) is 0 Å². The Labute approximate surface area is 256 Å². The Balaban J connectivity index is 1.39. The van der Waals surface area contributed by atoms with Crippen molar-refractivity contribution in [3.8, 4) is 0 Å². The smallest absolute Gasteiger partial charge is 0.313 e. The van der Waals surface area contributed by atoms with Gasteiger partial charge in [-0.2, -0.15) is 0 Å². The summed E-state index contributed by atoms with van der Waals surface area (Å²) >= 11 is 0. The predicted octanol–water partition coefficient (Wildman–Crippen LogP) is 2.30. The van der Waals surface area contributed by atoms with Gasteiger partial charge in [-0.25, -0.2) is 0 Å². The molecular weight excluding hydrogens is 562 g/mol. The number of aliphatic hydroxyl groups excluding tert-OH is 1. The minimum absolute atomic E-state index is 0.0741. The van der Waals surface area contributed by atoms with Crippen LogP contribution in [-0.4, -0.2) is 82.6 Å². The number of cyclic esters (lactones) is 1. The van der Waals surface area contributed by atoms with E-state index in [0.717, 1.165) is 5.56 Å². The quantitative estimate of drug-likeness (QED) is 0.386. The Morgan fingerprint density at radius 1 is 0.955 bits per heavy atom. The van der Waals surface area contributed by atoms with Crippen molar-refractivity contribution in [3.05, 3.63) is 96.1 Å². The van der Waals surface area contributed by atoms with Crippen molar-refractivity contribution in [1.82, 2.24) is 15.1 Å². The Kier molecular flexibility index (Phi) is 8.63. The number of fused-ring (bicyclic) bond motifs is 2. The first kappa shape index (κ1) is 29.8. The molecular formula is C34H37N3O7. The summed E-state index contributed by atoms with van der Waals surface area (Å²) in [5.74, 6) is -3.42. The average Bonchev–Trinajstić information content (AvgIpc) is 3.68. The summed E-state index contributed by atoms with van der Waals surface area (Å²) in [6.45, 7) is 0.602. The molecule has 10 heteroatoms. The number of benzene rings is 2. The second kappa shape index (κ2) is 12.8. The van der Waals surface area contributed by atoms with Crippen LogP contribution in [0.15, 0.2) is 85.0 Å². The van der Waals surface area contributed by atoms with Gasteiger partial charge in [-0.15, -0.1) is 0 Å². The molecule has 1 spiro atoms. The molecule has 0 aliphatic carbocycles. The first-order valence-electron chi connectivity index (χ1n) is 15.2. The highest BCUT2D eigenvalue weighted by atomic mass is 16.6. The molecule has 2 aromatic carbocycles. The number of rotatable bonds is 6. The standard InChI is InChI=1S/C34H37N3O7/c38-20-10-19-37-30-32(41)36(22-23-11-4-1-5-12-23)18-9-3-8-15-27(39)35-21-26(24-13-6-2-7-14-24)43-33(42)28-25-16-17-34(30,44-25)29(28)31(37)40/h1-7,9,11-14,16-17,25-26,28-30,38H,8,10,15,18-22H2,(H,35,39)/b9-3-/t25-,26-,28+,29+,30-,34+/m1/s1. The molecule has 0 unspecified atom stereocenters. The van der Waals surface area contributed by atoms with E-state index in [1.165, 1.54) is 4.90 Å². The third-order valence-corrected chi connectivity index (χ3v) is 8.91. The lowest BCUT2D eigenvalue weighted by Gasteiger charge is -2.36. The Hall–Kier alpha value is -4.28. The molecule has 10 nitrogen and oxygen atoms in total. The van der Waals surface area contributed by atoms with Gasteiger partial charge in [0.1, 0.15) is 23.7 Å².